The number of benzene rings is 3. The van der Waals surface area contributed by atoms with E-state index in [1.165, 1.54) is 5.56 Å². The average Bonchev–Trinajstić information content (AvgIpc) is 2.85. The first-order valence-corrected chi connectivity index (χ1v) is 11.6. The molecule has 3 rings (SSSR count). The zero-order chi connectivity index (χ0) is 22.6. The van der Waals surface area contributed by atoms with Crippen LogP contribution in [0.4, 0.5) is 5.69 Å². The van der Waals surface area contributed by atoms with Crippen molar-refractivity contribution >= 4 is 5.69 Å². The predicted molar refractivity (Wildman–Crippen MR) is 132 cm³/mol. The Morgan fingerprint density at radius 3 is 2.00 bits per heavy atom. The van der Waals surface area contributed by atoms with E-state index in [1.54, 1.807) is 0 Å². The number of hydrogen-bond donors (Lipinski definition) is 1. The summed E-state index contributed by atoms with van der Waals surface area (Å²) in [6, 6.07) is 26.2. The van der Waals surface area contributed by atoms with Gasteiger partial charge in [-0.1, -0.05) is 57.2 Å². The van der Waals surface area contributed by atoms with Crippen LogP contribution in [0.25, 0.3) is 0 Å². The Kier molecular flexibility index (Phi) is 9.30. The fraction of sp³-hybridized carbons (Fsp3) is 0.357. The van der Waals surface area contributed by atoms with Crippen molar-refractivity contribution in [2.45, 2.75) is 45.6 Å². The van der Waals surface area contributed by atoms with E-state index in [9.17, 15) is 0 Å². The van der Waals surface area contributed by atoms with Gasteiger partial charge in [-0.15, -0.1) is 0 Å². The Hall–Kier alpha value is -3.14. The molecule has 0 saturated heterocycles. The summed E-state index contributed by atoms with van der Waals surface area (Å²) in [7, 11) is 0. The molecule has 0 amide bonds. The quantitative estimate of drug-likeness (QED) is 0.297. The summed E-state index contributed by atoms with van der Waals surface area (Å²) in [6.07, 6.45) is 2.14. The first-order valence-electron chi connectivity index (χ1n) is 11.6. The summed E-state index contributed by atoms with van der Waals surface area (Å²) in [5.74, 6) is 3.17. The molecule has 0 aliphatic carbocycles. The maximum Gasteiger partial charge on any atom is 0.123 e. The molecule has 2 atom stereocenters. The summed E-state index contributed by atoms with van der Waals surface area (Å²) >= 11 is 0. The van der Waals surface area contributed by atoms with Crippen LogP contribution in [0.15, 0.2) is 78.9 Å². The summed E-state index contributed by atoms with van der Waals surface area (Å²) < 4.78 is 17.8. The molecule has 4 heteroatoms. The summed E-state index contributed by atoms with van der Waals surface area (Å²) in [4.78, 5) is 0. The lowest BCUT2D eigenvalue weighted by Gasteiger charge is -2.22. The van der Waals surface area contributed by atoms with Gasteiger partial charge in [0, 0.05) is 5.69 Å². The highest BCUT2D eigenvalue weighted by Crippen LogP contribution is 2.29. The van der Waals surface area contributed by atoms with Crippen molar-refractivity contribution in [2.75, 3.05) is 25.1 Å². The van der Waals surface area contributed by atoms with Crippen LogP contribution in [0.1, 0.15) is 45.1 Å². The zero-order valence-corrected chi connectivity index (χ0v) is 19.4. The van der Waals surface area contributed by atoms with Crippen LogP contribution in [0.3, 0.4) is 0 Å². The van der Waals surface area contributed by atoms with Gasteiger partial charge in [-0.3, -0.25) is 0 Å². The molecule has 32 heavy (non-hydrogen) atoms. The van der Waals surface area contributed by atoms with E-state index in [4.69, 9.17) is 14.2 Å². The first-order chi connectivity index (χ1) is 15.7. The molecule has 0 aliphatic heterocycles. The lowest BCUT2D eigenvalue weighted by molar-refractivity contribution is 0.207. The molecule has 170 valence electrons. The molecule has 3 aromatic carbocycles. The van der Waals surface area contributed by atoms with Crippen LogP contribution >= 0.6 is 0 Å². The topological polar surface area (TPSA) is 39.7 Å². The van der Waals surface area contributed by atoms with E-state index in [0.29, 0.717) is 19.1 Å². The van der Waals surface area contributed by atoms with Crippen molar-refractivity contribution in [3.63, 3.8) is 0 Å². The standard InChI is InChI=1S/C28H35NO3/c1-4-22(3)27-13-9-10-14-28(27)32-24(5-2)21-29-23-15-17-26(18-16-23)31-20-19-30-25-11-7-6-8-12-25/h6-18,22,24,29H,4-5,19-21H2,1-3H3. The molecule has 0 saturated carbocycles. The van der Waals surface area contributed by atoms with E-state index in [2.05, 4.69) is 44.3 Å². The largest absolute Gasteiger partial charge is 0.490 e. The van der Waals surface area contributed by atoms with Gasteiger partial charge in [-0.05, 0) is 66.8 Å². The molecule has 0 fully saturated rings. The van der Waals surface area contributed by atoms with Crippen LogP contribution in [0, 0.1) is 0 Å². The van der Waals surface area contributed by atoms with Crippen LogP contribution in [-0.2, 0) is 0 Å². The molecule has 0 aliphatic rings. The van der Waals surface area contributed by atoms with Crippen LogP contribution in [0.2, 0.25) is 0 Å². The monoisotopic (exact) mass is 433 g/mol. The first kappa shape index (κ1) is 23.5. The molecule has 0 aromatic heterocycles. The van der Waals surface area contributed by atoms with E-state index in [-0.39, 0.29) is 6.10 Å². The smallest absolute Gasteiger partial charge is 0.123 e. The third-order valence-corrected chi connectivity index (χ3v) is 5.56. The molecule has 0 radical (unpaired) electrons. The molecule has 1 N–H and O–H groups in total. The molecular weight excluding hydrogens is 398 g/mol. The fourth-order valence-electron chi connectivity index (χ4n) is 3.40. The number of nitrogens with one attached hydrogen (secondary N) is 1. The van der Waals surface area contributed by atoms with E-state index >= 15 is 0 Å². The highest BCUT2D eigenvalue weighted by molar-refractivity contribution is 5.46. The number of para-hydroxylation sites is 2. The average molecular weight is 434 g/mol. The van der Waals surface area contributed by atoms with Crippen molar-refractivity contribution < 1.29 is 14.2 Å². The van der Waals surface area contributed by atoms with Crippen molar-refractivity contribution in [2.24, 2.45) is 0 Å². The van der Waals surface area contributed by atoms with Gasteiger partial charge in [-0.2, -0.15) is 0 Å². The number of hydrogen-bond acceptors (Lipinski definition) is 4. The van der Waals surface area contributed by atoms with E-state index < -0.39 is 0 Å². The predicted octanol–water partition coefficient (Wildman–Crippen LogP) is 6.93. The second-order valence-corrected chi connectivity index (χ2v) is 7.91. The van der Waals surface area contributed by atoms with Gasteiger partial charge in [0.25, 0.3) is 0 Å². The Labute approximate surface area is 192 Å². The van der Waals surface area contributed by atoms with E-state index in [1.807, 2.05) is 60.7 Å². The SMILES string of the molecule is CCC(CNc1ccc(OCCOc2ccccc2)cc1)Oc1ccccc1C(C)CC. The third-order valence-electron chi connectivity index (χ3n) is 5.56. The van der Waals surface area contributed by atoms with Crippen LogP contribution in [-0.4, -0.2) is 25.9 Å². The van der Waals surface area contributed by atoms with Gasteiger partial charge in [0.05, 0.1) is 6.54 Å². The van der Waals surface area contributed by atoms with Gasteiger partial charge in [0.15, 0.2) is 0 Å². The highest BCUT2D eigenvalue weighted by Gasteiger charge is 2.14. The normalized spacial score (nSPS) is 12.6. The fourth-order valence-corrected chi connectivity index (χ4v) is 3.40. The second kappa shape index (κ2) is 12.7. The van der Waals surface area contributed by atoms with Crippen LogP contribution < -0.4 is 19.5 Å². The molecule has 0 heterocycles. The second-order valence-electron chi connectivity index (χ2n) is 7.91. The van der Waals surface area contributed by atoms with Gasteiger partial charge in [-0.25, -0.2) is 0 Å². The summed E-state index contributed by atoms with van der Waals surface area (Å²) in [6.45, 7) is 8.38. The van der Waals surface area contributed by atoms with Crippen molar-refractivity contribution in [3.05, 3.63) is 84.4 Å². The van der Waals surface area contributed by atoms with E-state index in [0.717, 1.165) is 42.3 Å². The van der Waals surface area contributed by atoms with Gasteiger partial charge in [0.2, 0.25) is 0 Å². The summed E-state index contributed by atoms with van der Waals surface area (Å²) in [5, 5.41) is 3.49. The number of anilines is 1. The van der Waals surface area contributed by atoms with Gasteiger partial charge in [0.1, 0.15) is 36.6 Å². The minimum absolute atomic E-state index is 0.103. The maximum atomic E-state index is 6.36. The molecule has 4 nitrogen and oxygen atoms in total. The zero-order valence-electron chi connectivity index (χ0n) is 19.4. The molecule has 0 bridgehead atoms. The summed E-state index contributed by atoms with van der Waals surface area (Å²) in [5.41, 5.74) is 2.33. The Balaban J connectivity index is 1.44. The lowest BCUT2D eigenvalue weighted by atomic mass is 9.98. The third kappa shape index (κ3) is 7.23. The number of ether oxygens (including phenoxy) is 3. The molecular formula is C28H35NO3. The Morgan fingerprint density at radius 2 is 1.34 bits per heavy atom. The molecule has 3 aromatic rings. The van der Waals surface area contributed by atoms with Crippen molar-refractivity contribution in [1.29, 1.82) is 0 Å². The minimum atomic E-state index is 0.103. The number of rotatable bonds is 13. The molecule has 0 spiro atoms. The molecule has 2 unspecified atom stereocenters. The Morgan fingerprint density at radius 1 is 0.719 bits per heavy atom. The van der Waals surface area contributed by atoms with Gasteiger partial charge >= 0.3 is 0 Å². The van der Waals surface area contributed by atoms with Crippen molar-refractivity contribution in [1.82, 2.24) is 0 Å². The Bertz CT molecular complexity index is 911. The minimum Gasteiger partial charge on any atom is -0.490 e. The van der Waals surface area contributed by atoms with Gasteiger partial charge < -0.3 is 19.5 Å². The van der Waals surface area contributed by atoms with Crippen molar-refractivity contribution in [3.8, 4) is 17.2 Å². The maximum absolute atomic E-state index is 6.36. The lowest BCUT2D eigenvalue weighted by Crippen LogP contribution is -2.26. The van der Waals surface area contributed by atoms with Crippen LogP contribution in [0.5, 0.6) is 17.2 Å². The highest BCUT2D eigenvalue weighted by atomic mass is 16.5.